The van der Waals surface area contributed by atoms with E-state index in [0.29, 0.717) is 37.5 Å². The number of ether oxygens (including phenoxy) is 1. The molecule has 1 amide bonds. The van der Waals surface area contributed by atoms with Gasteiger partial charge in [-0.3, -0.25) is 4.79 Å². The van der Waals surface area contributed by atoms with Gasteiger partial charge in [0.2, 0.25) is 17.7 Å². The van der Waals surface area contributed by atoms with E-state index in [-0.39, 0.29) is 30.3 Å². The van der Waals surface area contributed by atoms with Gasteiger partial charge >= 0.3 is 10.2 Å². The summed E-state index contributed by atoms with van der Waals surface area (Å²) in [6.45, 7) is 9.23. The van der Waals surface area contributed by atoms with Crippen molar-refractivity contribution >= 4 is 22.1 Å². The van der Waals surface area contributed by atoms with Crippen LogP contribution in [0.15, 0.2) is 48.5 Å². The second kappa shape index (κ2) is 10.7. The fourth-order valence-electron chi connectivity index (χ4n) is 6.53. The van der Waals surface area contributed by atoms with Gasteiger partial charge in [0.05, 0.1) is 17.7 Å². The van der Waals surface area contributed by atoms with Crippen molar-refractivity contribution in [2.45, 2.75) is 65.6 Å². The zero-order chi connectivity index (χ0) is 28.9. The van der Waals surface area contributed by atoms with E-state index in [9.17, 15) is 13.2 Å². The fraction of sp³-hybridized carbons (Fsp3) is 0.452. The van der Waals surface area contributed by atoms with E-state index in [1.807, 2.05) is 55.1 Å². The molecule has 10 heteroatoms. The number of anilines is 1. The highest BCUT2D eigenvalue weighted by Crippen LogP contribution is 2.40. The first-order valence-electron chi connectivity index (χ1n) is 14.4. The summed E-state index contributed by atoms with van der Waals surface area (Å²) in [4.78, 5) is 25.4. The Kier molecular flexibility index (Phi) is 7.23. The SMILES string of the molecule is Cc1cccc(C)c1-c1cc2nc(n1)NS(=O)(=O)N1CCCC(C1)C(=O)N1Cc3ccccc3C(O2)C1CC(C)C. The van der Waals surface area contributed by atoms with Gasteiger partial charge in [0.1, 0.15) is 6.10 Å². The molecule has 2 aromatic carbocycles. The summed E-state index contributed by atoms with van der Waals surface area (Å²) >= 11 is 0. The summed E-state index contributed by atoms with van der Waals surface area (Å²) in [5.41, 5.74) is 5.56. The van der Waals surface area contributed by atoms with E-state index in [0.717, 1.165) is 34.2 Å². The number of benzene rings is 2. The Morgan fingerprint density at radius 2 is 1.83 bits per heavy atom. The normalized spacial score (nSPS) is 25.2. The first kappa shape index (κ1) is 27.7. The van der Waals surface area contributed by atoms with Crippen molar-refractivity contribution in [2.24, 2.45) is 11.8 Å². The van der Waals surface area contributed by atoms with E-state index >= 15 is 0 Å². The standard InChI is InChI=1S/C31H37N5O4S/c1-19(2)15-26-29-24-13-6-5-11-22(24)18-36(26)30(37)23-12-8-14-35(17-23)41(38,39)34-31-32-25(16-27(33-31)40-29)28-20(3)9-7-10-21(28)4/h5-7,9-11,13,16,19,23,26,29H,8,12,14-15,17-18H2,1-4H3,(H,32,33,34). The molecule has 9 nitrogen and oxygen atoms in total. The molecule has 0 aliphatic carbocycles. The van der Waals surface area contributed by atoms with Crippen LogP contribution in [0.4, 0.5) is 5.95 Å². The lowest BCUT2D eigenvalue weighted by Gasteiger charge is -2.44. The summed E-state index contributed by atoms with van der Waals surface area (Å²) in [5.74, 6) is 0.0609. The number of piperidine rings is 1. The molecule has 3 aliphatic rings. The molecule has 1 N–H and O–H groups in total. The lowest BCUT2D eigenvalue weighted by atomic mass is 9.85. The van der Waals surface area contributed by atoms with E-state index in [1.165, 1.54) is 4.31 Å². The second-order valence-electron chi connectivity index (χ2n) is 11.9. The molecule has 3 aromatic rings. The van der Waals surface area contributed by atoms with Gasteiger partial charge in [-0.15, -0.1) is 0 Å². The number of rotatable bonds is 3. The van der Waals surface area contributed by atoms with Gasteiger partial charge in [-0.05, 0) is 61.3 Å². The zero-order valence-corrected chi connectivity index (χ0v) is 24.8. The van der Waals surface area contributed by atoms with Gasteiger partial charge in [0.15, 0.2) is 0 Å². The minimum Gasteiger partial charge on any atom is -0.467 e. The van der Waals surface area contributed by atoms with E-state index in [4.69, 9.17) is 4.74 Å². The maximum absolute atomic E-state index is 14.2. The molecular formula is C31H37N5O4S. The lowest BCUT2D eigenvalue weighted by molar-refractivity contribution is -0.144. The van der Waals surface area contributed by atoms with Crippen LogP contribution in [0.3, 0.4) is 0 Å². The van der Waals surface area contributed by atoms with Crippen LogP contribution < -0.4 is 9.46 Å². The molecule has 3 aliphatic heterocycles. The third kappa shape index (κ3) is 5.30. The summed E-state index contributed by atoms with van der Waals surface area (Å²) in [7, 11) is -4.01. The molecule has 1 aromatic heterocycles. The van der Waals surface area contributed by atoms with E-state index in [1.54, 1.807) is 6.07 Å². The van der Waals surface area contributed by atoms with Crippen molar-refractivity contribution in [3.8, 4) is 17.1 Å². The topological polar surface area (TPSA) is 105 Å². The average Bonchev–Trinajstić information content (AvgIpc) is 2.93. The van der Waals surface area contributed by atoms with Crippen molar-refractivity contribution in [3.05, 3.63) is 70.8 Å². The number of fused-ring (bicyclic) bond motifs is 8. The number of carbonyl (C=O) groups is 1. The summed E-state index contributed by atoms with van der Waals surface area (Å²) in [6, 6.07) is 15.6. The molecule has 216 valence electrons. The first-order valence-corrected chi connectivity index (χ1v) is 15.8. The number of carbonyl (C=O) groups excluding carboxylic acids is 1. The van der Waals surface area contributed by atoms with Crippen LogP contribution in [0.2, 0.25) is 0 Å². The Hall–Kier alpha value is -3.50. The highest BCUT2D eigenvalue weighted by Gasteiger charge is 2.43. The smallest absolute Gasteiger partial charge is 0.304 e. The summed E-state index contributed by atoms with van der Waals surface area (Å²) < 4.78 is 37.9. The molecule has 41 heavy (non-hydrogen) atoms. The summed E-state index contributed by atoms with van der Waals surface area (Å²) in [6.07, 6.45) is 1.51. The Balaban J connectivity index is 1.56. The Morgan fingerprint density at radius 3 is 2.59 bits per heavy atom. The summed E-state index contributed by atoms with van der Waals surface area (Å²) in [5, 5.41) is 0. The first-order chi connectivity index (χ1) is 19.6. The number of hydrogen-bond donors (Lipinski definition) is 1. The number of amides is 1. The minimum atomic E-state index is -4.01. The van der Waals surface area contributed by atoms with Gasteiger partial charge in [-0.2, -0.15) is 17.7 Å². The third-order valence-electron chi connectivity index (χ3n) is 8.43. The number of nitrogens with one attached hydrogen (secondary N) is 1. The van der Waals surface area contributed by atoms with Crippen molar-refractivity contribution in [2.75, 3.05) is 17.8 Å². The van der Waals surface area contributed by atoms with Crippen LogP contribution >= 0.6 is 0 Å². The second-order valence-corrected chi connectivity index (χ2v) is 13.6. The Morgan fingerprint density at radius 1 is 1.07 bits per heavy atom. The third-order valence-corrected chi connectivity index (χ3v) is 9.88. The monoisotopic (exact) mass is 575 g/mol. The minimum absolute atomic E-state index is 0.0214. The number of hydrogen-bond acceptors (Lipinski definition) is 6. The van der Waals surface area contributed by atoms with Crippen molar-refractivity contribution in [1.82, 2.24) is 19.2 Å². The molecule has 4 atom stereocenters. The van der Waals surface area contributed by atoms with Gasteiger partial charge < -0.3 is 9.64 Å². The number of aromatic nitrogens is 2. The molecular weight excluding hydrogens is 538 g/mol. The average molecular weight is 576 g/mol. The van der Waals surface area contributed by atoms with Crippen LogP contribution in [0.5, 0.6) is 5.88 Å². The molecule has 0 spiro atoms. The largest absolute Gasteiger partial charge is 0.467 e. The molecule has 6 rings (SSSR count). The lowest BCUT2D eigenvalue weighted by Crippen LogP contribution is -2.53. The van der Waals surface area contributed by atoms with Crippen molar-refractivity contribution in [1.29, 1.82) is 0 Å². The fourth-order valence-corrected chi connectivity index (χ4v) is 7.73. The van der Waals surface area contributed by atoms with Gasteiger partial charge in [-0.25, -0.2) is 9.71 Å². The van der Waals surface area contributed by atoms with E-state index < -0.39 is 22.2 Å². The predicted octanol–water partition coefficient (Wildman–Crippen LogP) is 5.02. The van der Waals surface area contributed by atoms with E-state index in [2.05, 4.69) is 34.6 Å². The van der Waals surface area contributed by atoms with Crippen LogP contribution in [0.1, 0.15) is 61.5 Å². The van der Waals surface area contributed by atoms with Crippen LogP contribution in [-0.2, 0) is 21.5 Å². The highest BCUT2D eigenvalue weighted by atomic mass is 32.2. The molecule has 4 unspecified atom stereocenters. The van der Waals surface area contributed by atoms with Crippen LogP contribution in [0.25, 0.3) is 11.3 Å². The molecule has 0 saturated carbocycles. The van der Waals surface area contributed by atoms with Crippen LogP contribution in [0, 0.1) is 25.7 Å². The van der Waals surface area contributed by atoms with Gasteiger partial charge in [0.25, 0.3) is 0 Å². The number of nitrogens with zero attached hydrogens (tertiary/aromatic N) is 4. The molecule has 4 heterocycles. The molecule has 0 radical (unpaired) electrons. The molecule has 1 fully saturated rings. The Labute approximate surface area is 242 Å². The maximum Gasteiger partial charge on any atom is 0.304 e. The maximum atomic E-state index is 14.2. The van der Waals surface area contributed by atoms with Gasteiger partial charge in [0, 0.05) is 31.3 Å². The van der Waals surface area contributed by atoms with Crippen molar-refractivity contribution in [3.63, 3.8) is 0 Å². The highest BCUT2D eigenvalue weighted by molar-refractivity contribution is 7.90. The molecule has 1 saturated heterocycles. The zero-order valence-electron chi connectivity index (χ0n) is 24.0. The predicted molar refractivity (Wildman–Crippen MR) is 157 cm³/mol. The Bertz CT molecular complexity index is 1570. The van der Waals surface area contributed by atoms with Crippen molar-refractivity contribution < 1.29 is 17.9 Å². The van der Waals surface area contributed by atoms with Crippen LogP contribution in [-0.4, -0.2) is 52.6 Å². The quantitative estimate of drug-likeness (QED) is 0.470. The van der Waals surface area contributed by atoms with Gasteiger partial charge in [-0.1, -0.05) is 56.3 Å². The number of aryl methyl sites for hydroxylation is 2. The molecule has 6 bridgehead atoms.